The molecule has 0 fully saturated rings. The molecule has 2 aliphatic rings. The van der Waals surface area contributed by atoms with Crippen LogP contribution in [0.1, 0.15) is 65.1 Å². The molecule has 7 heteroatoms. The smallest absolute Gasteiger partial charge is 0.410 e. The maximum atomic E-state index is 12.9. The molecule has 1 N–H and O–H groups in total. The lowest BCUT2D eigenvalue weighted by Crippen LogP contribution is -2.44. The van der Waals surface area contributed by atoms with Crippen molar-refractivity contribution in [2.45, 2.75) is 45.3 Å². The van der Waals surface area contributed by atoms with Gasteiger partial charge in [-0.1, -0.05) is 24.3 Å². The lowest BCUT2D eigenvalue weighted by atomic mass is 9.90. The number of aromatic hydroxyl groups is 1. The topological polar surface area (TPSA) is 87.2 Å². The fourth-order valence-electron chi connectivity index (χ4n) is 4.29. The van der Waals surface area contributed by atoms with Crippen molar-refractivity contribution >= 4 is 17.9 Å². The molecule has 2 aromatic rings. The van der Waals surface area contributed by atoms with Crippen LogP contribution in [0.4, 0.5) is 4.79 Å². The Morgan fingerprint density at radius 2 is 1.71 bits per heavy atom. The Bertz CT molecular complexity index is 1020. The third kappa shape index (κ3) is 3.87. The van der Waals surface area contributed by atoms with E-state index in [2.05, 4.69) is 0 Å². The van der Waals surface area contributed by atoms with Gasteiger partial charge in [-0.3, -0.25) is 14.5 Å². The number of hydrogen-bond donors (Lipinski definition) is 1. The number of carbonyl (C=O) groups is 3. The van der Waals surface area contributed by atoms with Gasteiger partial charge in [0.05, 0.1) is 17.2 Å². The van der Waals surface area contributed by atoms with Crippen molar-refractivity contribution < 1.29 is 24.2 Å². The summed E-state index contributed by atoms with van der Waals surface area (Å²) in [4.78, 5) is 41.2. The van der Waals surface area contributed by atoms with E-state index in [0.717, 1.165) is 5.56 Å². The molecule has 2 aliphatic heterocycles. The van der Waals surface area contributed by atoms with Crippen LogP contribution in [-0.4, -0.2) is 51.5 Å². The summed E-state index contributed by atoms with van der Waals surface area (Å²) in [6.07, 6.45) is 0.413. The first kappa shape index (κ1) is 20.9. The Hall–Kier alpha value is -3.35. The number of ether oxygens (including phenoxy) is 1. The molecule has 0 bridgehead atoms. The summed E-state index contributed by atoms with van der Waals surface area (Å²) < 4.78 is 5.58. The SMILES string of the molecule is CC(C)(C)OC(=O)N1CCc2cccc(O)c2[C@H]1CCN1C(=O)c2ccccc2C1=O. The maximum absolute atomic E-state index is 12.9. The van der Waals surface area contributed by atoms with Crippen LogP contribution in [0.5, 0.6) is 5.75 Å². The minimum Gasteiger partial charge on any atom is -0.508 e. The zero-order valence-corrected chi connectivity index (χ0v) is 17.9. The summed E-state index contributed by atoms with van der Waals surface area (Å²) in [5.74, 6) is -0.575. The quantitative estimate of drug-likeness (QED) is 0.758. The van der Waals surface area contributed by atoms with Crippen molar-refractivity contribution in [3.8, 4) is 5.75 Å². The van der Waals surface area contributed by atoms with Crippen molar-refractivity contribution in [3.63, 3.8) is 0 Å². The number of imide groups is 1. The number of fused-ring (bicyclic) bond motifs is 2. The van der Waals surface area contributed by atoms with Crippen molar-refractivity contribution in [1.29, 1.82) is 0 Å². The molecule has 31 heavy (non-hydrogen) atoms. The van der Waals surface area contributed by atoms with Crippen LogP contribution in [0.25, 0.3) is 0 Å². The number of amides is 3. The van der Waals surface area contributed by atoms with Crippen LogP contribution >= 0.6 is 0 Å². The first-order chi connectivity index (χ1) is 14.7. The van der Waals surface area contributed by atoms with Gasteiger partial charge in [-0.15, -0.1) is 0 Å². The standard InChI is InChI=1S/C24H26N2O5/c1-24(2,3)31-23(30)25-13-11-15-7-6-10-19(27)20(15)18(25)12-14-26-21(28)16-8-4-5-9-17(16)22(26)29/h4-10,18,27H,11-14H2,1-3H3/t18-/m1/s1. The molecule has 0 unspecified atom stereocenters. The Morgan fingerprint density at radius 3 is 2.32 bits per heavy atom. The van der Waals surface area contributed by atoms with Gasteiger partial charge in [0.15, 0.2) is 0 Å². The lowest BCUT2D eigenvalue weighted by Gasteiger charge is -2.38. The minimum absolute atomic E-state index is 0.0955. The molecule has 7 nitrogen and oxygen atoms in total. The molecule has 2 aromatic carbocycles. The molecule has 0 radical (unpaired) electrons. The second kappa shape index (κ2) is 7.72. The Labute approximate surface area is 181 Å². The maximum Gasteiger partial charge on any atom is 0.410 e. The zero-order chi connectivity index (χ0) is 22.3. The van der Waals surface area contributed by atoms with E-state index < -0.39 is 17.7 Å². The van der Waals surface area contributed by atoms with E-state index in [1.807, 2.05) is 6.07 Å². The highest BCUT2D eigenvalue weighted by Crippen LogP contribution is 2.39. The van der Waals surface area contributed by atoms with Gasteiger partial charge < -0.3 is 14.7 Å². The van der Waals surface area contributed by atoms with Gasteiger partial charge >= 0.3 is 6.09 Å². The number of phenolic OH excluding ortho intramolecular Hbond substituents is 1. The largest absolute Gasteiger partial charge is 0.508 e. The van der Waals surface area contributed by atoms with E-state index in [1.54, 1.807) is 62.1 Å². The molecule has 4 rings (SSSR count). The Balaban J connectivity index is 1.61. The molecule has 0 spiro atoms. The normalized spacial score (nSPS) is 18.1. The summed E-state index contributed by atoms with van der Waals surface area (Å²) in [6, 6.07) is 11.5. The van der Waals surface area contributed by atoms with Crippen LogP contribution in [0, 0.1) is 0 Å². The molecule has 162 valence electrons. The van der Waals surface area contributed by atoms with Crippen LogP contribution in [0.2, 0.25) is 0 Å². The minimum atomic E-state index is -0.664. The second-order valence-electron chi connectivity index (χ2n) is 8.89. The van der Waals surface area contributed by atoms with E-state index in [0.29, 0.717) is 36.1 Å². The molecule has 0 aliphatic carbocycles. The van der Waals surface area contributed by atoms with Gasteiger partial charge in [0, 0.05) is 18.7 Å². The second-order valence-corrected chi connectivity index (χ2v) is 8.89. The zero-order valence-electron chi connectivity index (χ0n) is 17.9. The number of carbonyl (C=O) groups excluding carboxylic acids is 3. The van der Waals surface area contributed by atoms with Crippen molar-refractivity contribution in [3.05, 3.63) is 64.7 Å². The van der Waals surface area contributed by atoms with Gasteiger partial charge in [-0.2, -0.15) is 0 Å². The molecular formula is C24H26N2O5. The number of hydrogen-bond acceptors (Lipinski definition) is 5. The molecule has 0 saturated carbocycles. The number of rotatable bonds is 3. The third-order valence-corrected chi connectivity index (χ3v) is 5.64. The highest BCUT2D eigenvalue weighted by Gasteiger charge is 2.39. The van der Waals surface area contributed by atoms with Gasteiger partial charge in [-0.25, -0.2) is 4.79 Å². The van der Waals surface area contributed by atoms with Gasteiger partial charge in [-0.05, 0) is 57.4 Å². The molecule has 1 atom stereocenters. The van der Waals surface area contributed by atoms with Gasteiger partial charge in [0.25, 0.3) is 11.8 Å². The van der Waals surface area contributed by atoms with Crippen molar-refractivity contribution in [2.75, 3.05) is 13.1 Å². The third-order valence-electron chi connectivity index (χ3n) is 5.64. The summed E-state index contributed by atoms with van der Waals surface area (Å²) in [6.45, 7) is 5.96. The monoisotopic (exact) mass is 422 g/mol. The number of benzene rings is 2. The summed E-state index contributed by atoms with van der Waals surface area (Å²) in [7, 11) is 0. The predicted octanol–water partition coefficient (Wildman–Crippen LogP) is 3.91. The molecule has 0 aromatic heterocycles. The van der Waals surface area contributed by atoms with E-state index in [9.17, 15) is 19.5 Å². The van der Waals surface area contributed by atoms with E-state index in [1.165, 1.54) is 4.90 Å². The van der Waals surface area contributed by atoms with Crippen LogP contribution in [-0.2, 0) is 11.2 Å². The van der Waals surface area contributed by atoms with Gasteiger partial charge in [0.2, 0.25) is 0 Å². The molecule has 0 saturated heterocycles. The Morgan fingerprint density at radius 1 is 1.06 bits per heavy atom. The fourth-order valence-corrected chi connectivity index (χ4v) is 4.29. The highest BCUT2D eigenvalue weighted by molar-refractivity contribution is 6.21. The summed E-state index contributed by atoms with van der Waals surface area (Å²) in [5, 5.41) is 10.6. The van der Waals surface area contributed by atoms with E-state index in [-0.39, 0.29) is 24.1 Å². The van der Waals surface area contributed by atoms with Gasteiger partial charge in [0.1, 0.15) is 11.4 Å². The van der Waals surface area contributed by atoms with E-state index in [4.69, 9.17) is 4.74 Å². The van der Waals surface area contributed by atoms with E-state index >= 15 is 0 Å². The first-order valence-electron chi connectivity index (χ1n) is 10.4. The van der Waals surface area contributed by atoms with Crippen molar-refractivity contribution in [2.24, 2.45) is 0 Å². The predicted molar refractivity (Wildman–Crippen MR) is 114 cm³/mol. The molecule has 2 heterocycles. The number of phenols is 1. The van der Waals surface area contributed by atoms with Crippen molar-refractivity contribution in [1.82, 2.24) is 9.80 Å². The average Bonchev–Trinajstić information content (AvgIpc) is 2.95. The number of nitrogens with zero attached hydrogens (tertiary/aromatic N) is 2. The van der Waals surface area contributed by atoms with Crippen LogP contribution < -0.4 is 0 Å². The average molecular weight is 422 g/mol. The fraction of sp³-hybridized carbons (Fsp3) is 0.375. The van der Waals surface area contributed by atoms with Crippen LogP contribution in [0.15, 0.2) is 42.5 Å². The first-order valence-corrected chi connectivity index (χ1v) is 10.4. The van der Waals surface area contributed by atoms with Crippen LogP contribution in [0.3, 0.4) is 0 Å². The summed E-state index contributed by atoms with van der Waals surface area (Å²) in [5.41, 5.74) is 1.72. The Kier molecular flexibility index (Phi) is 5.21. The molecular weight excluding hydrogens is 396 g/mol. The lowest BCUT2D eigenvalue weighted by molar-refractivity contribution is 0.0123. The highest BCUT2D eigenvalue weighted by atomic mass is 16.6. The molecule has 3 amide bonds. The summed E-state index contributed by atoms with van der Waals surface area (Å²) >= 11 is 0.